The van der Waals surface area contributed by atoms with Crippen LogP contribution in [-0.4, -0.2) is 91.7 Å². The summed E-state index contributed by atoms with van der Waals surface area (Å²) in [6, 6.07) is 63.7. The number of para-hydroxylation sites is 2. The van der Waals surface area contributed by atoms with Crippen LogP contribution in [0.25, 0.3) is 21.8 Å². The quantitative estimate of drug-likeness (QED) is 0.0273. The molecular weight excluding hydrogens is 1080 g/mol. The number of hydrogen-bond acceptors (Lipinski definition) is 6. The minimum Gasteiger partial charge on any atom is -0.478 e. The summed E-state index contributed by atoms with van der Waals surface area (Å²) in [7, 11) is 0. The van der Waals surface area contributed by atoms with E-state index in [4.69, 9.17) is 0 Å². The van der Waals surface area contributed by atoms with Gasteiger partial charge in [0.25, 0.3) is 0 Å². The van der Waals surface area contributed by atoms with Gasteiger partial charge in [-0.25, -0.2) is 9.59 Å². The van der Waals surface area contributed by atoms with Gasteiger partial charge in [-0.05, 0) is 107 Å². The van der Waals surface area contributed by atoms with E-state index in [0.717, 1.165) is 55.2 Å². The topological polar surface area (TPSA) is 205 Å². The maximum atomic E-state index is 15.6. The summed E-state index contributed by atoms with van der Waals surface area (Å²) in [5, 5.41) is 28.0. The highest BCUT2D eigenvalue weighted by Crippen LogP contribution is 2.35. The van der Waals surface area contributed by atoms with E-state index in [-0.39, 0.29) is 49.1 Å². The molecule has 0 spiro atoms. The fourth-order valence-corrected chi connectivity index (χ4v) is 11.5. The Balaban J connectivity index is 0.862. The molecule has 2 unspecified atom stereocenters. The molecule has 86 heavy (non-hydrogen) atoms. The van der Waals surface area contributed by atoms with E-state index >= 15 is 9.59 Å². The van der Waals surface area contributed by atoms with Gasteiger partial charge >= 0.3 is 11.9 Å². The maximum Gasteiger partial charge on any atom is 0.335 e. The van der Waals surface area contributed by atoms with E-state index in [1.54, 1.807) is 34.1 Å². The monoisotopic (exact) mass is 1140 g/mol. The van der Waals surface area contributed by atoms with Gasteiger partial charge in [0.1, 0.15) is 12.1 Å². The minimum atomic E-state index is -1.14. The van der Waals surface area contributed by atoms with Crippen molar-refractivity contribution in [3.05, 3.63) is 286 Å². The first-order valence-corrected chi connectivity index (χ1v) is 29.2. The number of aromatic amines is 2. The van der Waals surface area contributed by atoms with Gasteiger partial charge in [-0.3, -0.25) is 19.2 Å². The number of carbonyl (C=O) groups excluding carboxylic acids is 4. The van der Waals surface area contributed by atoms with Gasteiger partial charge in [-0.15, -0.1) is 0 Å². The van der Waals surface area contributed by atoms with Gasteiger partial charge < -0.3 is 40.6 Å². The number of carbonyl (C=O) groups is 6. The van der Waals surface area contributed by atoms with Crippen molar-refractivity contribution in [2.75, 3.05) is 26.2 Å². The van der Waals surface area contributed by atoms with Crippen molar-refractivity contribution in [2.24, 2.45) is 0 Å². The zero-order chi connectivity index (χ0) is 59.8. The third-order valence-electron chi connectivity index (χ3n) is 16.0. The van der Waals surface area contributed by atoms with Gasteiger partial charge in [0, 0.05) is 60.4 Å². The fourth-order valence-electron chi connectivity index (χ4n) is 11.5. The molecule has 0 aliphatic rings. The number of nitrogens with zero attached hydrogens (tertiary/aromatic N) is 2. The number of aromatic carboxylic acids is 2. The van der Waals surface area contributed by atoms with Crippen molar-refractivity contribution in [1.29, 1.82) is 0 Å². The van der Waals surface area contributed by atoms with Crippen molar-refractivity contribution in [3.8, 4) is 0 Å². The van der Waals surface area contributed by atoms with Crippen LogP contribution in [0.3, 0.4) is 0 Å². The zero-order valence-electron chi connectivity index (χ0n) is 47.6. The van der Waals surface area contributed by atoms with Crippen LogP contribution in [0.2, 0.25) is 0 Å². The second-order valence-corrected chi connectivity index (χ2v) is 21.4. The average Bonchev–Trinajstić information content (AvgIpc) is 2.67. The predicted octanol–water partition coefficient (Wildman–Crippen LogP) is 12.4. The fraction of sp³-hybridized carbons (Fsp3) is 0.194. The second-order valence-electron chi connectivity index (χ2n) is 21.4. The SMILES string of the molecule is O=C(O)c1ccc(C(C(=O)NCCCCCCNC(=O)C(c2ccc(C(=O)O)cc2)N(CCc2c[nH]c3ccccc23)C(=O)C(c2ccccc2)c2ccccc2)N(CCc2c[nH]c3ccccc23)C(=O)C(c2ccccc2)c2ccccc2)cc1. The Kier molecular flexibility index (Phi) is 19.4. The predicted molar refractivity (Wildman–Crippen MR) is 334 cm³/mol. The van der Waals surface area contributed by atoms with Crippen LogP contribution in [0.4, 0.5) is 0 Å². The zero-order valence-corrected chi connectivity index (χ0v) is 47.6. The van der Waals surface area contributed by atoms with E-state index < -0.39 is 47.7 Å². The molecule has 2 atom stereocenters. The molecular formula is C72H68N6O8. The molecule has 0 fully saturated rings. The Bertz CT molecular complexity index is 3570. The standard InChI is InChI=1S/C72H68N6O8/c79-67(65(53-33-37-55(38-34-53)71(83)84)77(45-41-57-47-75-61-31-17-15-29-59(57)61)69(81)63(49-21-7-3-8-22-49)50-23-9-4-10-24-50)73-43-19-1-2-20-44-74-68(80)66(54-35-39-56(40-36-54)72(85)86)78(46-42-58-48-76-62-32-18-16-30-60(58)62)70(82)64(51-25-11-5-12-26-51)52-27-13-6-14-28-52/h3-18,21-40,47-48,63-66,75-76H,1-2,19-20,41-46H2,(H,73,79)(H,74,80)(H,83,84)(H,85,86). The Morgan fingerprint density at radius 1 is 0.372 bits per heavy atom. The van der Waals surface area contributed by atoms with E-state index in [9.17, 15) is 29.4 Å². The summed E-state index contributed by atoms with van der Waals surface area (Å²) in [6.45, 7) is 0.858. The van der Waals surface area contributed by atoms with Crippen molar-refractivity contribution < 1.29 is 39.0 Å². The van der Waals surface area contributed by atoms with Gasteiger partial charge in [0.05, 0.1) is 23.0 Å². The third-order valence-corrected chi connectivity index (χ3v) is 16.0. The van der Waals surface area contributed by atoms with Gasteiger partial charge in [0.15, 0.2) is 0 Å². The summed E-state index contributed by atoms with van der Waals surface area (Å²) in [4.78, 5) is 95.2. The molecule has 434 valence electrons. The molecule has 2 heterocycles. The number of fused-ring (bicyclic) bond motifs is 2. The van der Waals surface area contributed by atoms with Crippen LogP contribution < -0.4 is 10.6 Å². The lowest BCUT2D eigenvalue weighted by Crippen LogP contribution is -2.46. The lowest BCUT2D eigenvalue weighted by molar-refractivity contribution is -0.141. The van der Waals surface area contributed by atoms with Gasteiger partial charge in [0.2, 0.25) is 23.6 Å². The number of benzene rings is 8. The second kappa shape index (κ2) is 28.3. The number of H-pyrrole nitrogens is 2. The molecule has 10 aromatic rings. The molecule has 4 amide bonds. The van der Waals surface area contributed by atoms with E-state index in [2.05, 4.69) is 20.6 Å². The lowest BCUT2D eigenvalue weighted by atomic mass is 9.88. The van der Waals surface area contributed by atoms with Gasteiger partial charge in [-0.1, -0.05) is 195 Å². The van der Waals surface area contributed by atoms with E-state index in [0.29, 0.717) is 49.7 Å². The smallest absolute Gasteiger partial charge is 0.335 e. The molecule has 14 nitrogen and oxygen atoms in total. The van der Waals surface area contributed by atoms with E-state index in [1.807, 2.05) is 182 Å². The first-order valence-electron chi connectivity index (χ1n) is 29.2. The van der Waals surface area contributed by atoms with Crippen LogP contribution in [0, 0.1) is 0 Å². The molecule has 0 aliphatic heterocycles. The van der Waals surface area contributed by atoms with Crippen molar-refractivity contribution in [1.82, 2.24) is 30.4 Å². The summed E-state index contributed by atoms with van der Waals surface area (Å²) in [6.07, 6.45) is 7.17. The average molecular weight is 1150 g/mol. The molecule has 6 N–H and O–H groups in total. The van der Waals surface area contributed by atoms with Crippen LogP contribution in [0.1, 0.15) is 115 Å². The van der Waals surface area contributed by atoms with Gasteiger partial charge in [-0.2, -0.15) is 0 Å². The molecule has 0 radical (unpaired) electrons. The lowest BCUT2D eigenvalue weighted by Gasteiger charge is -2.34. The molecule has 0 bridgehead atoms. The summed E-state index contributed by atoms with van der Waals surface area (Å²) in [5.41, 5.74) is 7.89. The largest absolute Gasteiger partial charge is 0.478 e. The summed E-state index contributed by atoms with van der Waals surface area (Å²) >= 11 is 0. The number of rotatable bonds is 27. The first-order chi connectivity index (χ1) is 42.0. The maximum absolute atomic E-state index is 15.6. The molecule has 2 aromatic heterocycles. The third kappa shape index (κ3) is 14.0. The Morgan fingerprint density at radius 2 is 0.686 bits per heavy atom. The molecule has 0 saturated carbocycles. The van der Waals surface area contributed by atoms with Crippen LogP contribution in [0.5, 0.6) is 0 Å². The number of amides is 4. The summed E-state index contributed by atoms with van der Waals surface area (Å²) in [5.74, 6) is -5.18. The van der Waals surface area contributed by atoms with Crippen LogP contribution in [0.15, 0.2) is 231 Å². The Hall–Kier alpha value is -10.3. The molecule has 14 heteroatoms. The molecule has 8 aromatic carbocycles. The minimum absolute atomic E-state index is 0.0455. The molecule has 10 rings (SSSR count). The molecule has 0 saturated heterocycles. The first kappa shape index (κ1) is 58.8. The normalized spacial score (nSPS) is 12.0. The van der Waals surface area contributed by atoms with Crippen molar-refractivity contribution >= 4 is 57.4 Å². The number of carboxylic acid groups (broad SMARTS) is 2. The highest BCUT2D eigenvalue weighted by molar-refractivity contribution is 5.96. The number of aromatic nitrogens is 2. The van der Waals surface area contributed by atoms with Crippen LogP contribution in [-0.2, 0) is 32.0 Å². The number of nitrogens with one attached hydrogen (secondary N) is 4. The summed E-state index contributed by atoms with van der Waals surface area (Å²) < 4.78 is 0. The van der Waals surface area contributed by atoms with Crippen molar-refractivity contribution in [2.45, 2.75) is 62.4 Å². The van der Waals surface area contributed by atoms with Crippen LogP contribution >= 0.6 is 0 Å². The number of unbranched alkanes of at least 4 members (excludes halogenated alkanes) is 3. The van der Waals surface area contributed by atoms with Crippen molar-refractivity contribution in [3.63, 3.8) is 0 Å². The Labute approximate surface area is 499 Å². The number of carboxylic acids is 2. The Morgan fingerprint density at radius 3 is 1.01 bits per heavy atom. The molecule has 0 aliphatic carbocycles. The highest BCUT2D eigenvalue weighted by atomic mass is 16.4. The highest BCUT2D eigenvalue weighted by Gasteiger charge is 2.38. The van der Waals surface area contributed by atoms with E-state index in [1.165, 1.54) is 24.3 Å². The number of hydrogen-bond donors (Lipinski definition) is 6.